The lowest BCUT2D eigenvalue weighted by atomic mass is 10.1. The van der Waals surface area contributed by atoms with E-state index in [0.29, 0.717) is 51.4 Å². The second-order valence-electron chi connectivity index (χ2n) is 6.50. The number of nitro groups is 1. The molecule has 1 atom stereocenters. The summed E-state index contributed by atoms with van der Waals surface area (Å²) in [4.78, 5) is 16.5. The summed E-state index contributed by atoms with van der Waals surface area (Å²) in [6.07, 6.45) is 5.70. The van der Waals surface area contributed by atoms with Crippen LogP contribution in [0.5, 0.6) is 0 Å². The first-order chi connectivity index (χ1) is 13.4. The molecular formula is C18H22Br2N4O3S. The Kier molecular flexibility index (Phi) is 6.72. The number of piperazine rings is 1. The predicted octanol–water partition coefficient (Wildman–Crippen LogP) is 2.51. The number of benzene rings is 1. The van der Waals surface area contributed by atoms with Gasteiger partial charge >= 0.3 is 0 Å². The van der Waals surface area contributed by atoms with E-state index in [0.717, 1.165) is 19.6 Å². The maximum atomic E-state index is 14.5. The summed E-state index contributed by atoms with van der Waals surface area (Å²) in [5.41, 5.74) is 0.937. The molecule has 0 aliphatic carbocycles. The highest BCUT2D eigenvalue weighted by Crippen LogP contribution is 2.42. The largest absolute Gasteiger partial charge is 0.333 e. The molecule has 152 valence electrons. The third-order valence-corrected chi connectivity index (χ3v) is 9.44. The van der Waals surface area contributed by atoms with Crippen molar-refractivity contribution in [3.63, 3.8) is 0 Å². The normalized spacial score (nSPS) is 22.9. The predicted molar refractivity (Wildman–Crippen MR) is 121 cm³/mol. The van der Waals surface area contributed by atoms with Crippen LogP contribution in [0.4, 0.5) is 11.4 Å². The molecule has 1 saturated heterocycles. The van der Waals surface area contributed by atoms with Crippen LogP contribution in [0.3, 0.4) is 0 Å². The first-order valence-electron chi connectivity index (χ1n) is 8.98. The Balaban J connectivity index is 2.25. The second-order valence-corrected chi connectivity index (χ2v) is 10.3. The molecular weight excluding hydrogens is 512 g/mol. The fraction of sp³-hybridized carbons (Fsp3) is 0.500. The molecule has 28 heavy (non-hydrogen) atoms. The molecule has 0 aromatic heterocycles. The third-order valence-electron chi connectivity index (χ3n) is 5.18. The van der Waals surface area contributed by atoms with E-state index >= 15 is 0 Å². The van der Waals surface area contributed by atoms with Crippen molar-refractivity contribution in [1.82, 2.24) is 9.21 Å². The van der Waals surface area contributed by atoms with Crippen LogP contribution in [0.15, 0.2) is 17.0 Å². The minimum atomic E-state index is -2.82. The number of non-ortho nitro benzene ring substituents is 1. The van der Waals surface area contributed by atoms with Crippen LogP contribution in [0.1, 0.15) is 12.5 Å². The van der Waals surface area contributed by atoms with Gasteiger partial charge in [0.05, 0.1) is 36.1 Å². The number of nitro benzene ring substituents is 1. The number of rotatable bonds is 6. The summed E-state index contributed by atoms with van der Waals surface area (Å²) in [5, 5.41) is 12.5. The molecule has 0 saturated carbocycles. The van der Waals surface area contributed by atoms with Crippen LogP contribution in [0.2, 0.25) is 0 Å². The molecule has 2 aliphatic heterocycles. The molecule has 2 heterocycles. The average Bonchev–Trinajstić information content (AvgIpc) is 2.96. The molecule has 1 fully saturated rings. The van der Waals surface area contributed by atoms with Crippen molar-refractivity contribution in [2.45, 2.75) is 11.8 Å². The number of fused-ring (bicyclic) bond motifs is 1. The van der Waals surface area contributed by atoms with E-state index in [2.05, 4.69) is 49.6 Å². The fourth-order valence-electron chi connectivity index (χ4n) is 3.76. The van der Waals surface area contributed by atoms with E-state index in [1.807, 2.05) is 9.21 Å². The topological polar surface area (TPSA) is 69.9 Å². The monoisotopic (exact) mass is 532 g/mol. The van der Waals surface area contributed by atoms with Gasteiger partial charge in [-0.05, 0) is 6.54 Å². The summed E-state index contributed by atoms with van der Waals surface area (Å²) in [6.45, 7) is 6.53. The maximum absolute atomic E-state index is 14.5. The first-order valence-corrected chi connectivity index (χ1v) is 12.7. The van der Waals surface area contributed by atoms with E-state index in [4.69, 9.17) is 6.42 Å². The van der Waals surface area contributed by atoms with Crippen molar-refractivity contribution in [3.8, 4) is 12.3 Å². The Morgan fingerprint density at radius 3 is 2.46 bits per heavy atom. The SMILES string of the molecule is C#Cc1cc([N+](=O)[O-])cc2c1N(CCBr)C(CBr)=S2(=O)N1CCN(CC)CC1. The van der Waals surface area contributed by atoms with Crippen molar-refractivity contribution in [2.24, 2.45) is 0 Å². The number of terminal acetylenes is 1. The number of alkyl halides is 2. The van der Waals surface area contributed by atoms with Gasteiger partial charge in [0.25, 0.3) is 5.69 Å². The lowest BCUT2D eigenvalue weighted by Crippen LogP contribution is -2.50. The Labute approximate surface area is 182 Å². The van der Waals surface area contributed by atoms with Crippen LogP contribution in [0, 0.1) is 22.5 Å². The minimum Gasteiger partial charge on any atom is -0.333 e. The Bertz CT molecular complexity index is 945. The highest BCUT2D eigenvalue weighted by Gasteiger charge is 2.41. The molecule has 2 aliphatic rings. The molecule has 0 bridgehead atoms. The number of hydrogen-bond donors (Lipinski definition) is 0. The number of likely N-dealkylation sites (N-methyl/N-ethyl adjacent to an activating group) is 1. The molecule has 10 heteroatoms. The Hall–Kier alpha value is -1.12. The summed E-state index contributed by atoms with van der Waals surface area (Å²) in [7, 11) is -2.82. The average molecular weight is 534 g/mol. The zero-order valence-electron chi connectivity index (χ0n) is 15.6. The smallest absolute Gasteiger partial charge is 0.272 e. The zero-order valence-corrected chi connectivity index (χ0v) is 19.6. The van der Waals surface area contributed by atoms with Crippen LogP contribution in [-0.4, -0.2) is 73.3 Å². The van der Waals surface area contributed by atoms with E-state index in [1.165, 1.54) is 12.1 Å². The number of hydrogen-bond acceptors (Lipinski definition) is 5. The molecule has 1 aromatic rings. The molecule has 0 spiro atoms. The Morgan fingerprint density at radius 1 is 1.29 bits per heavy atom. The van der Waals surface area contributed by atoms with Crippen LogP contribution in [-0.2, 0) is 9.71 Å². The van der Waals surface area contributed by atoms with Gasteiger partial charge in [-0.2, -0.15) is 0 Å². The van der Waals surface area contributed by atoms with Crippen molar-refractivity contribution in [3.05, 3.63) is 27.8 Å². The molecule has 0 amide bonds. The molecule has 3 rings (SSSR count). The van der Waals surface area contributed by atoms with E-state index in [-0.39, 0.29) is 5.69 Å². The Morgan fingerprint density at radius 2 is 1.96 bits per heavy atom. The molecule has 0 N–H and O–H groups in total. The number of nitrogens with zero attached hydrogens (tertiary/aromatic N) is 4. The molecule has 0 radical (unpaired) electrons. The van der Waals surface area contributed by atoms with Gasteiger partial charge in [0.2, 0.25) is 0 Å². The number of halogens is 2. The van der Waals surface area contributed by atoms with Crippen molar-refractivity contribution < 1.29 is 9.13 Å². The highest BCUT2D eigenvalue weighted by atomic mass is 79.9. The second kappa shape index (κ2) is 8.71. The van der Waals surface area contributed by atoms with Gasteiger partial charge in [0.15, 0.2) is 0 Å². The van der Waals surface area contributed by atoms with Crippen LogP contribution < -0.4 is 4.90 Å². The molecule has 1 aromatic carbocycles. The standard InChI is InChI=1S/C18H22Br2N4O3S/c1-3-14-11-15(24(25)26)12-16-18(14)23(6-5-19)17(13-20)28(16,27)22-9-7-21(4-2)8-10-22/h1,11-12H,4-10,13H2,2H3. The quantitative estimate of drug-likeness (QED) is 0.185. The van der Waals surface area contributed by atoms with E-state index < -0.39 is 14.6 Å². The lowest BCUT2D eigenvalue weighted by molar-refractivity contribution is -0.385. The van der Waals surface area contributed by atoms with Gasteiger partial charge in [-0.15, -0.1) is 6.42 Å². The summed E-state index contributed by atoms with van der Waals surface area (Å²) in [6, 6.07) is 2.84. The number of anilines is 1. The highest BCUT2D eigenvalue weighted by molar-refractivity contribution is 9.09. The van der Waals surface area contributed by atoms with Crippen molar-refractivity contribution in [2.75, 3.05) is 54.8 Å². The minimum absolute atomic E-state index is 0.124. The summed E-state index contributed by atoms with van der Waals surface area (Å²) >= 11 is 6.97. The third kappa shape index (κ3) is 3.48. The van der Waals surface area contributed by atoms with E-state index in [1.54, 1.807) is 0 Å². The van der Waals surface area contributed by atoms with Gasteiger partial charge < -0.3 is 9.80 Å². The van der Waals surface area contributed by atoms with Crippen LogP contribution in [0.25, 0.3) is 0 Å². The van der Waals surface area contributed by atoms with Gasteiger partial charge in [0, 0.05) is 50.2 Å². The fourth-order valence-corrected chi connectivity index (χ4v) is 8.24. The molecule has 7 nitrogen and oxygen atoms in total. The van der Waals surface area contributed by atoms with Gasteiger partial charge in [-0.25, -0.2) is 8.51 Å². The van der Waals surface area contributed by atoms with Gasteiger partial charge in [-0.1, -0.05) is 44.7 Å². The summed E-state index contributed by atoms with van der Waals surface area (Å²) < 4.78 is 16.5. The van der Waals surface area contributed by atoms with Crippen molar-refractivity contribution >= 4 is 57.9 Å². The van der Waals surface area contributed by atoms with Gasteiger partial charge in [0.1, 0.15) is 4.99 Å². The van der Waals surface area contributed by atoms with Gasteiger partial charge in [-0.3, -0.25) is 10.1 Å². The molecule has 1 unspecified atom stereocenters. The summed E-state index contributed by atoms with van der Waals surface area (Å²) in [5.74, 6) is 2.57. The maximum Gasteiger partial charge on any atom is 0.272 e. The van der Waals surface area contributed by atoms with Crippen molar-refractivity contribution in [1.29, 1.82) is 0 Å². The first kappa shape index (κ1) is 21.6. The van der Waals surface area contributed by atoms with Crippen LogP contribution >= 0.6 is 31.9 Å². The lowest BCUT2D eigenvalue weighted by Gasteiger charge is -2.36. The zero-order chi connectivity index (χ0) is 20.5. The van der Waals surface area contributed by atoms with E-state index in [9.17, 15) is 14.3 Å².